The number of methoxy groups -OCH3 is 1. The Bertz CT molecular complexity index is 1530. The van der Waals surface area contributed by atoms with Gasteiger partial charge in [-0.1, -0.05) is 50.0 Å². The summed E-state index contributed by atoms with van der Waals surface area (Å²) >= 11 is 12.6. The van der Waals surface area contributed by atoms with Crippen LogP contribution in [0.2, 0.25) is 10.0 Å². The first-order chi connectivity index (χ1) is 20.3. The minimum absolute atomic E-state index is 0. The summed E-state index contributed by atoms with van der Waals surface area (Å²) in [5, 5.41) is 10.4. The molecular formula is C31H39Cl3N6O4. The molecule has 2 amide bonds. The van der Waals surface area contributed by atoms with Crippen molar-refractivity contribution < 1.29 is 19.1 Å². The average Bonchev–Trinajstić information content (AvgIpc) is 3.47. The van der Waals surface area contributed by atoms with Crippen LogP contribution in [0.1, 0.15) is 46.1 Å². The number of ketones is 1. The Labute approximate surface area is 274 Å². The molecule has 2 heterocycles. The minimum Gasteiger partial charge on any atom is -0.496 e. The number of anilines is 2. The predicted molar refractivity (Wildman–Crippen MR) is 176 cm³/mol. The number of carbonyl (C=O) groups excluding carboxylic acids is 3. The second-order valence-electron chi connectivity index (χ2n) is 11.8. The molecule has 4 rings (SSSR count). The molecule has 0 aliphatic carbocycles. The molecule has 0 spiro atoms. The maximum atomic E-state index is 13.8. The van der Waals surface area contributed by atoms with Crippen LogP contribution in [0.3, 0.4) is 0 Å². The molecule has 238 valence electrons. The number of nitrogens with one attached hydrogen (secondary N) is 3. The van der Waals surface area contributed by atoms with E-state index < -0.39 is 23.5 Å². The zero-order valence-corrected chi connectivity index (χ0v) is 28.0. The smallest absolute Gasteiger partial charge is 0.246 e. The van der Waals surface area contributed by atoms with Gasteiger partial charge in [0.25, 0.3) is 0 Å². The summed E-state index contributed by atoms with van der Waals surface area (Å²) < 4.78 is 5.64. The summed E-state index contributed by atoms with van der Waals surface area (Å²) in [5.41, 5.74) is 1.26. The van der Waals surface area contributed by atoms with Gasteiger partial charge in [0.15, 0.2) is 5.78 Å². The normalized spacial score (nSPS) is 16.2. The second-order valence-corrected chi connectivity index (χ2v) is 12.6. The van der Waals surface area contributed by atoms with Gasteiger partial charge in [-0.05, 0) is 50.4 Å². The number of hydrogen-bond donors (Lipinski definition) is 3. The highest BCUT2D eigenvalue weighted by Gasteiger charge is 2.42. The van der Waals surface area contributed by atoms with Crippen molar-refractivity contribution in [3.05, 3.63) is 52.3 Å². The van der Waals surface area contributed by atoms with Crippen LogP contribution < -0.4 is 20.7 Å². The predicted octanol–water partition coefficient (Wildman–Crippen LogP) is 5.35. The summed E-state index contributed by atoms with van der Waals surface area (Å²) in [7, 11) is 3.22. The van der Waals surface area contributed by atoms with Gasteiger partial charge < -0.3 is 25.6 Å². The molecule has 1 aliphatic heterocycles. The van der Waals surface area contributed by atoms with Crippen LogP contribution >= 0.6 is 35.6 Å². The largest absolute Gasteiger partial charge is 0.496 e. The topological polar surface area (TPSA) is 126 Å². The molecule has 0 saturated carbocycles. The third kappa shape index (κ3) is 7.72. The number of Topliss-reactive ketones (excluding diaryl/α,β-unsaturated/α-hetero) is 1. The van der Waals surface area contributed by atoms with Crippen molar-refractivity contribution in [3.63, 3.8) is 0 Å². The van der Waals surface area contributed by atoms with Gasteiger partial charge >= 0.3 is 0 Å². The molecule has 3 N–H and O–H groups in total. The Kier molecular flexibility index (Phi) is 11.8. The number of hydrogen-bond acceptors (Lipinski definition) is 8. The molecule has 0 unspecified atom stereocenters. The van der Waals surface area contributed by atoms with Crippen molar-refractivity contribution in [1.29, 1.82) is 0 Å². The Morgan fingerprint density at radius 2 is 1.89 bits per heavy atom. The molecule has 13 heteroatoms. The van der Waals surface area contributed by atoms with Gasteiger partial charge in [0.05, 0.1) is 40.4 Å². The number of benzene rings is 2. The third-order valence-corrected chi connectivity index (χ3v) is 8.56. The number of halogens is 3. The van der Waals surface area contributed by atoms with E-state index in [1.165, 1.54) is 13.4 Å². The number of fused-ring (bicyclic) bond motifs is 1. The lowest BCUT2D eigenvalue weighted by atomic mass is 9.85. The van der Waals surface area contributed by atoms with E-state index in [4.69, 9.17) is 27.9 Å². The third-order valence-electron chi connectivity index (χ3n) is 7.74. The molecule has 0 bridgehead atoms. The molecule has 3 atom stereocenters. The number of nitrogens with zero attached hydrogens (tertiary/aromatic N) is 3. The summed E-state index contributed by atoms with van der Waals surface area (Å²) in [5.74, 6) is 0.342. The van der Waals surface area contributed by atoms with Gasteiger partial charge in [0.2, 0.25) is 11.8 Å². The number of likely N-dealkylation sites (N-methyl/N-ethyl adjacent to an activating group) is 1. The van der Waals surface area contributed by atoms with Gasteiger partial charge in [-0.3, -0.25) is 14.4 Å². The highest BCUT2D eigenvalue weighted by atomic mass is 35.5. The number of likely N-dealkylation sites (tertiary alicyclic amines) is 1. The molecule has 3 aromatic rings. The molecule has 1 aromatic heterocycles. The number of aromatic nitrogens is 2. The number of ether oxygens (including phenoxy) is 1. The molecule has 10 nitrogen and oxygen atoms in total. The van der Waals surface area contributed by atoms with E-state index in [1.807, 2.05) is 26.8 Å². The van der Waals surface area contributed by atoms with Crippen molar-refractivity contribution in [2.24, 2.45) is 5.41 Å². The number of amides is 2. The van der Waals surface area contributed by atoms with Crippen molar-refractivity contribution in [2.75, 3.05) is 26.0 Å². The average molecular weight is 666 g/mol. The number of carbonyl (C=O) groups is 3. The van der Waals surface area contributed by atoms with E-state index >= 15 is 0 Å². The van der Waals surface area contributed by atoms with Gasteiger partial charge in [-0.2, -0.15) is 0 Å². The summed E-state index contributed by atoms with van der Waals surface area (Å²) in [6.07, 6.45) is 2.69. The Morgan fingerprint density at radius 1 is 1.16 bits per heavy atom. The van der Waals surface area contributed by atoms with E-state index in [9.17, 15) is 14.4 Å². The molecule has 1 saturated heterocycles. The maximum absolute atomic E-state index is 13.8. The SMILES string of the molecule is CN[C@@H](C)C(=O)N[C@H](C(=O)N1CCC[C@H]1C(=O)Cc1cc2c(Nc3cccc(Cl)c3Cl)ncnc2cc1OC)C(C)(C)C.Cl. The van der Waals surface area contributed by atoms with Gasteiger partial charge in [0, 0.05) is 30.0 Å². The van der Waals surface area contributed by atoms with E-state index in [0.29, 0.717) is 63.2 Å². The Morgan fingerprint density at radius 3 is 2.55 bits per heavy atom. The first kappa shape index (κ1) is 35.3. The highest BCUT2D eigenvalue weighted by molar-refractivity contribution is 6.43. The quantitative estimate of drug-likeness (QED) is 0.265. The minimum atomic E-state index is -0.788. The van der Waals surface area contributed by atoms with Crippen LogP contribution in [-0.2, 0) is 20.8 Å². The van der Waals surface area contributed by atoms with Crippen molar-refractivity contribution >= 4 is 75.6 Å². The lowest BCUT2D eigenvalue weighted by molar-refractivity contribution is -0.143. The lowest BCUT2D eigenvalue weighted by Crippen LogP contribution is -2.58. The summed E-state index contributed by atoms with van der Waals surface area (Å²) in [6, 6.07) is 6.97. The fourth-order valence-corrected chi connectivity index (χ4v) is 5.52. The molecule has 0 radical (unpaired) electrons. The number of rotatable bonds is 10. The van der Waals surface area contributed by atoms with E-state index in [2.05, 4.69) is 25.9 Å². The van der Waals surface area contributed by atoms with Crippen LogP contribution in [0.4, 0.5) is 11.5 Å². The molecule has 1 aliphatic rings. The Balaban J connectivity index is 0.00000529. The zero-order chi connectivity index (χ0) is 31.5. The van der Waals surface area contributed by atoms with Crippen molar-refractivity contribution in [1.82, 2.24) is 25.5 Å². The van der Waals surface area contributed by atoms with Crippen LogP contribution in [0.25, 0.3) is 10.9 Å². The summed E-state index contributed by atoms with van der Waals surface area (Å²) in [4.78, 5) is 50.8. The Hall–Kier alpha value is -3.18. The molecule has 2 aromatic carbocycles. The van der Waals surface area contributed by atoms with Crippen molar-refractivity contribution in [3.8, 4) is 5.75 Å². The first-order valence-corrected chi connectivity index (χ1v) is 14.9. The van der Waals surface area contributed by atoms with E-state index in [0.717, 1.165) is 0 Å². The van der Waals surface area contributed by atoms with Gasteiger partial charge in [-0.25, -0.2) is 9.97 Å². The fraction of sp³-hybridized carbons (Fsp3) is 0.452. The molecular weight excluding hydrogens is 627 g/mol. The monoisotopic (exact) mass is 664 g/mol. The van der Waals surface area contributed by atoms with Crippen LogP contribution in [0.5, 0.6) is 5.75 Å². The standard InChI is InChI=1S/C31H38Cl2N6O4.ClH/c1-17(34-5)29(41)38-27(31(2,3)4)30(42)39-12-8-11-23(39)24(40)14-18-13-19-22(15-25(18)43-6)35-16-36-28(19)37-21-10-7-9-20(32)26(21)33;/h7,9-10,13,15-17,23,27,34H,8,11-12,14H2,1-6H3,(H,38,41)(H,35,36,37);1H/t17-,23-,27+;/m0./s1. The first-order valence-electron chi connectivity index (χ1n) is 14.2. The molecule has 44 heavy (non-hydrogen) atoms. The fourth-order valence-electron chi connectivity index (χ4n) is 5.17. The lowest BCUT2D eigenvalue weighted by Gasteiger charge is -2.36. The van der Waals surface area contributed by atoms with Gasteiger partial charge in [-0.15, -0.1) is 12.4 Å². The van der Waals surface area contributed by atoms with E-state index in [1.54, 1.807) is 43.1 Å². The highest BCUT2D eigenvalue weighted by Crippen LogP contribution is 2.35. The van der Waals surface area contributed by atoms with Crippen LogP contribution in [0, 0.1) is 5.41 Å². The van der Waals surface area contributed by atoms with Gasteiger partial charge in [0.1, 0.15) is 23.9 Å². The van der Waals surface area contributed by atoms with Crippen molar-refractivity contribution in [2.45, 2.75) is 65.1 Å². The van der Waals surface area contributed by atoms with Crippen LogP contribution in [0.15, 0.2) is 36.7 Å². The van der Waals surface area contributed by atoms with E-state index in [-0.39, 0.29) is 36.4 Å². The maximum Gasteiger partial charge on any atom is 0.246 e. The zero-order valence-electron chi connectivity index (χ0n) is 25.7. The summed E-state index contributed by atoms with van der Waals surface area (Å²) in [6.45, 7) is 7.87. The second kappa shape index (κ2) is 14.7. The van der Waals surface area contributed by atoms with Crippen LogP contribution in [-0.4, -0.2) is 71.3 Å². The molecule has 1 fully saturated rings.